The molecule has 0 unspecified atom stereocenters. The maximum atomic E-state index is 12.4. The number of aryl methyl sites for hydroxylation is 1. The van der Waals surface area contributed by atoms with Crippen molar-refractivity contribution in [3.8, 4) is 0 Å². The second-order valence-electron chi connectivity index (χ2n) is 5.21. The monoisotopic (exact) mass is 396 g/mol. The third kappa shape index (κ3) is 3.89. The molecule has 9 heteroatoms. The number of nitrogen functional groups attached to an aromatic ring is 1. The van der Waals surface area contributed by atoms with Crippen molar-refractivity contribution in [1.29, 1.82) is 0 Å². The Balaban J connectivity index is 2.23. The smallest absolute Gasteiger partial charge is 0.235 e. The van der Waals surface area contributed by atoms with E-state index in [2.05, 4.69) is 20.7 Å². The highest BCUT2D eigenvalue weighted by atomic mass is 79.9. The van der Waals surface area contributed by atoms with Gasteiger partial charge in [0, 0.05) is 4.47 Å². The van der Waals surface area contributed by atoms with Crippen LogP contribution in [0, 0.1) is 6.92 Å². The molecule has 2 rings (SSSR count). The summed E-state index contributed by atoms with van der Waals surface area (Å²) in [6, 6.07) is 3.44. The molecule has 0 aliphatic carbocycles. The zero-order valence-corrected chi connectivity index (χ0v) is 14.7. The molecule has 0 radical (unpaired) electrons. The first-order valence-corrected chi connectivity index (χ1v) is 10.5. The second kappa shape index (κ2) is 5.77. The van der Waals surface area contributed by atoms with Crippen molar-refractivity contribution in [2.45, 2.75) is 25.0 Å². The molecule has 1 fully saturated rings. The molecule has 1 aliphatic rings. The minimum atomic E-state index is -3.67. The van der Waals surface area contributed by atoms with E-state index in [1.807, 2.05) is 6.92 Å². The molecule has 0 bridgehead atoms. The molecule has 1 aromatic carbocycles. The first kappa shape index (κ1) is 16.6. The van der Waals surface area contributed by atoms with E-state index in [1.165, 1.54) is 0 Å². The Labute approximate surface area is 133 Å². The summed E-state index contributed by atoms with van der Waals surface area (Å²) >= 11 is 3.29. The lowest BCUT2D eigenvalue weighted by Crippen LogP contribution is -2.36. The predicted octanol–water partition coefficient (Wildman–Crippen LogP) is 1.66. The van der Waals surface area contributed by atoms with Crippen molar-refractivity contribution in [2.24, 2.45) is 0 Å². The first-order chi connectivity index (χ1) is 9.61. The summed E-state index contributed by atoms with van der Waals surface area (Å²) in [5.41, 5.74) is 7.39. The molecular formula is C12H17BrN2O4S2. The minimum absolute atomic E-state index is 0.0941. The average Bonchev–Trinajstić information content (AvgIpc) is 2.33. The van der Waals surface area contributed by atoms with E-state index in [0.29, 0.717) is 15.8 Å². The van der Waals surface area contributed by atoms with E-state index in [4.69, 9.17) is 5.73 Å². The van der Waals surface area contributed by atoms with Gasteiger partial charge in [0.15, 0.2) is 0 Å². The quantitative estimate of drug-likeness (QED) is 0.755. The van der Waals surface area contributed by atoms with Gasteiger partial charge in [-0.15, -0.1) is 0 Å². The summed E-state index contributed by atoms with van der Waals surface area (Å²) in [4.78, 5) is 0. The fraction of sp³-hybridized carbons (Fsp3) is 0.500. The van der Waals surface area contributed by atoms with Gasteiger partial charge in [-0.1, -0.05) is 0 Å². The number of nitrogens with one attached hydrogen (secondary N) is 1. The highest BCUT2D eigenvalue weighted by Crippen LogP contribution is 2.32. The van der Waals surface area contributed by atoms with E-state index in [1.54, 1.807) is 12.1 Å². The molecule has 0 saturated carbocycles. The number of sulfone groups is 1. The van der Waals surface area contributed by atoms with Crippen LogP contribution in [0.5, 0.6) is 0 Å². The molecule has 0 spiro atoms. The molecule has 1 aliphatic heterocycles. The van der Waals surface area contributed by atoms with Crippen LogP contribution in [0.3, 0.4) is 0 Å². The van der Waals surface area contributed by atoms with Gasteiger partial charge in [0.1, 0.15) is 9.84 Å². The number of halogens is 1. The molecular weight excluding hydrogens is 380 g/mol. The van der Waals surface area contributed by atoms with Gasteiger partial charge in [-0.05, 0) is 53.4 Å². The largest absolute Gasteiger partial charge is 0.397 e. The van der Waals surface area contributed by atoms with Crippen molar-refractivity contribution in [1.82, 2.24) is 0 Å². The number of hydrogen-bond donors (Lipinski definition) is 2. The standard InChI is InChI=1S/C12H17BrN2O4S2/c1-8-6-10(13)12(11(14)7-8)15-21(18,19)9-2-4-20(16,17)5-3-9/h6-7,9,15H,2-5,14H2,1H3. The van der Waals surface area contributed by atoms with Crippen molar-refractivity contribution >= 4 is 47.2 Å². The van der Waals surface area contributed by atoms with Gasteiger partial charge in [0.2, 0.25) is 10.0 Å². The normalized spacial score (nSPS) is 19.3. The zero-order valence-electron chi connectivity index (χ0n) is 11.5. The summed E-state index contributed by atoms with van der Waals surface area (Å²) in [6.07, 6.45) is 0.224. The molecule has 0 aromatic heterocycles. The van der Waals surface area contributed by atoms with Crippen LogP contribution in [0.4, 0.5) is 11.4 Å². The van der Waals surface area contributed by atoms with E-state index >= 15 is 0 Å². The molecule has 3 N–H and O–H groups in total. The maximum absolute atomic E-state index is 12.4. The van der Waals surface area contributed by atoms with Gasteiger partial charge in [-0.25, -0.2) is 16.8 Å². The van der Waals surface area contributed by atoms with Crippen LogP contribution in [0.2, 0.25) is 0 Å². The van der Waals surface area contributed by atoms with Crippen LogP contribution in [-0.2, 0) is 19.9 Å². The summed E-state index contributed by atoms with van der Waals surface area (Å²) < 4.78 is 50.6. The molecule has 1 saturated heterocycles. The molecule has 118 valence electrons. The number of nitrogens with two attached hydrogens (primary N) is 1. The number of benzene rings is 1. The summed E-state index contributed by atoms with van der Waals surface area (Å²) in [7, 11) is -6.77. The fourth-order valence-electron chi connectivity index (χ4n) is 2.28. The summed E-state index contributed by atoms with van der Waals surface area (Å²) in [6.45, 7) is 1.85. The first-order valence-electron chi connectivity index (χ1n) is 6.38. The van der Waals surface area contributed by atoms with Gasteiger partial charge < -0.3 is 5.73 Å². The van der Waals surface area contributed by atoms with E-state index < -0.39 is 25.1 Å². The van der Waals surface area contributed by atoms with Crippen LogP contribution in [-0.4, -0.2) is 33.6 Å². The zero-order chi connectivity index (χ0) is 15.8. The third-order valence-electron chi connectivity index (χ3n) is 3.45. The average molecular weight is 397 g/mol. The minimum Gasteiger partial charge on any atom is -0.397 e. The lowest BCUT2D eigenvalue weighted by Gasteiger charge is -2.23. The van der Waals surface area contributed by atoms with E-state index in [-0.39, 0.29) is 24.3 Å². The third-order valence-corrected chi connectivity index (χ3v) is 7.63. The molecule has 6 nitrogen and oxygen atoms in total. The van der Waals surface area contributed by atoms with E-state index in [9.17, 15) is 16.8 Å². The SMILES string of the molecule is Cc1cc(N)c(NS(=O)(=O)C2CCS(=O)(=O)CC2)c(Br)c1. The summed E-state index contributed by atoms with van der Waals surface area (Å²) in [5, 5.41) is -0.714. The van der Waals surface area contributed by atoms with Crippen LogP contribution in [0.15, 0.2) is 16.6 Å². The Morgan fingerprint density at radius 3 is 2.38 bits per heavy atom. The van der Waals surface area contributed by atoms with Crippen LogP contribution in [0.1, 0.15) is 18.4 Å². The highest BCUT2D eigenvalue weighted by Gasteiger charge is 2.33. The molecule has 0 atom stereocenters. The van der Waals surface area contributed by atoms with E-state index in [0.717, 1.165) is 5.56 Å². The van der Waals surface area contributed by atoms with Crippen LogP contribution < -0.4 is 10.5 Å². The van der Waals surface area contributed by atoms with Crippen LogP contribution >= 0.6 is 15.9 Å². The highest BCUT2D eigenvalue weighted by molar-refractivity contribution is 9.10. The van der Waals surface area contributed by atoms with Crippen molar-refractivity contribution in [3.63, 3.8) is 0 Å². The van der Waals surface area contributed by atoms with Crippen molar-refractivity contribution in [3.05, 3.63) is 22.2 Å². The Bertz CT molecular complexity index is 722. The van der Waals surface area contributed by atoms with Crippen LogP contribution in [0.25, 0.3) is 0 Å². The van der Waals surface area contributed by atoms with Crippen molar-refractivity contribution in [2.75, 3.05) is 22.0 Å². The maximum Gasteiger partial charge on any atom is 0.235 e. The Kier molecular flexibility index (Phi) is 4.55. The van der Waals surface area contributed by atoms with Gasteiger partial charge in [0.05, 0.1) is 28.1 Å². The molecule has 1 aromatic rings. The number of anilines is 2. The second-order valence-corrected chi connectivity index (χ2v) is 10.3. The lowest BCUT2D eigenvalue weighted by atomic mass is 10.2. The molecule has 0 amide bonds. The topological polar surface area (TPSA) is 106 Å². The van der Waals surface area contributed by atoms with Gasteiger partial charge in [-0.2, -0.15) is 0 Å². The van der Waals surface area contributed by atoms with Gasteiger partial charge in [0.25, 0.3) is 0 Å². The predicted molar refractivity (Wildman–Crippen MR) is 87.5 cm³/mol. The Morgan fingerprint density at radius 1 is 1.29 bits per heavy atom. The van der Waals surface area contributed by atoms with Gasteiger partial charge >= 0.3 is 0 Å². The Morgan fingerprint density at radius 2 is 1.86 bits per heavy atom. The molecule has 21 heavy (non-hydrogen) atoms. The number of hydrogen-bond acceptors (Lipinski definition) is 5. The van der Waals surface area contributed by atoms with Crippen molar-refractivity contribution < 1.29 is 16.8 Å². The Hall–Kier alpha value is -0.800. The summed E-state index contributed by atoms with van der Waals surface area (Å²) in [5.74, 6) is -0.188. The van der Waals surface area contributed by atoms with Gasteiger partial charge in [-0.3, -0.25) is 4.72 Å². The molecule has 1 heterocycles. The number of rotatable bonds is 3. The fourth-order valence-corrected chi connectivity index (χ4v) is 6.43. The number of sulfonamides is 1. The lowest BCUT2D eigenvalue weighted by molar-refractivity contribution is 0.555.